The highest BCUT2D eigenvalue weighted by Gasteiger charge is 2.33. The first-order valence-corrected chi connectivity index (χ1v) is 7.90. The summed E-state index contributed by atoms with van der Waals surface area (Å²) in [5, 5.41) is 0. The predicted molar refractivity (Wildman–Crippen MR) is 86.0 cm³/mol. The molecule has 0 radical (unpaired) electrons. The number of aromatic nitrogens is 1. The van der Waals surface area contributed by atoms with Crippen LogP contribution in [0, 0.1) is 6.92 Å². The number of carbonyl (C=O) groups is 1. The van der Waals surface area contributed by atoms with Crippen LogP contribution in [0.5, 0.6) is 0 Å². The number of rotatable bonds is 4. The summed E-state index contributed by atoms with van der Waals surface area (Å²) in [7, 11) is 0. The monoisotopic (exact) mass is 344 g/mol. The summed E-state index contributed by atoms with van der Waals surface area (Å²) in [5.74, 6) is 0.0910. The highest BCUT2D eigenvalue weighted by atomic mass is 79.9. The van der Waals surface area contributed by atoms with E-state index in [2.05, 4.69) is 20.9 Å². The molecule has 4 heteroatoms. The van der Waals surface area contributed by atoms with Crippen molar-refractivity contribution in [3.8, 4) is 0 Å². The van der Waals surface area contributed by atoms with Gasteiger partial charge < -0.3 is 4.90 Å². The number of amides is 1. The van der Waals surface area contributed by atoms with Crippen LogP contribution in [0.3, 0.4) is 0 Å². The van der Waals surface area contributed by atoms with Crippen LogP contribution in [0.15, 0.2) is 47.2 Å². The third-order valence-corrected chi connectivity index (χ3v) is 4.34. The minimum atomic E-state index is 0.0910. The number of benzene rings is 1. The number of pyridine rings is 1. The number of aryl methyl sites for hydroxylation is 1. The molecule has 1 fully saturated rings. The Morgan fingerprint density at radius 3 is 2.81 bits per heavy atom. The van der Waals surface area contributed by atoms with Gasteiger partial charge in [0.1, 0.15) is 0 Å². The van der Waals surface area contributed by atoms with E-state index in [1.807, 2.05) is 48.4 Å². The van der Waals surface area contributed by atoms with Crippen molar-refractivity contribution in [1.82, 2.24) is 9.88 Å². The van der Waals surface area contributed by atoms with Gasteiger partial charge in [0.15, 0.2) is 0 Å². The second-order valence-corrected chi connectivity index (χ2v) is 6.36. The van der Waals surface area contributed by atoms with E-state index in [1.54, 1.807) is 6.20 Å². The van der Waals surface area contributed by atoms with Crippen molar-refractivity contribution in [1.29, 1.82) is 0 Å². The highest BCUT2D eigenvalue weighted by molar-refractivity contribution is 9.10. The molecule has 0 atom stereocenters. The molecule has 0 bridgehead atoms. The smallest absolute Gasteiger partial charge is 0.255 e. The lowest BCUT2D eigenvalue weighted by atomic mass is 10.1. The number of carbonyl (C=O) groups excluding carboxylic acids is 1. The molecule has 0 N–H and O–H groups in total. The van der Waals surface area contributed by atoms with Crippen LogP contribution in [0.2, 0.25) is 0 Å². The van der Waals surface area contributed by atoms with Crippen molar-refractivity contribution in [2.24, 2.45) is 0 Å². The van der Waals surface area contributed by atoms with Crippen LogP contribution in [-0.4, -0.2) is 21.8 Å². The maximum atomic E-state index is 12.8. The van der Waals surface area contributed by atoms with Crippen LogP contribution in [0.25, 0.3) is 0 Å². The molecule has 1 aliphatic rings. The van der Waals surface area contributed by atoms with Crippen molar-refractivity contribution in [3.63, 3.8) is 0 Å². The maximum absolute atomic E-state index is 12.8. The fourth-order valence-corrected chi connectivity index (χ4v) is 3.05. The van der Waals surface area contributed by atoms with E-state index in [0.717, 1.165) is 34.0 Å². The fourth-order valence-electron chi connectivity index (χ4n) is 2.39. The van der Waals surface area contributed by atoms with Crippen LogP contribution >= 0.6 is 15.9 Å². The quantitative estimate of drug-likeness (QED) is 0.840. The second kappa shape index (κ2) is 5.98. The van der Waals surface area contributed by atoms with Crippen LogP contribution in [0.4, 0.5) is 0 Å². The number of nitrogens with zero attached hydrogens (tertiary/aromatic N) is 2. The van der Waals surface area contributed by atoms with Gasteiger partial charge in [-0.05, 0) is 65.0 Å². The predicted octanol–water partition coefficient (Wildman–Crippen LogP) is 3.96. The number of hydrogen-bond donors (Lipinski definition) is 0. The minimum Gasteiger partial charge on any atom is -0.331 e. The van der Waals surface area contributed by atoms with Gasteiger partial charge in [0.25, 0.3) is 5.91 Å². The lowest BCUT2D eigenvalue weighted by Gasteiger charge is -2.23. The van der Waals surface area contributed by atoms with Gasteiger partial charge in [0.05, 0.1) is 5.56 Å². The second-order valence-electron chi connectivity index (χ2n) is 5.51. The first-order valence-electron chi connectivity index (χ1n) is 7.11. The van der Waals surface area contributed by atoms with Crippen molar-refractivity contribution >= 4 is 21.8 Å². The molecule has 0 aliphatic heterocycles. The van der Waals surface area contributed by atoms with E-state index >= 15 is 0 Å². The summed E-state index contributed by atoms with van der Waals surface area (Å²) in [6.45, 7) is 2.64. The molecule has 0 spiro atoms. The molecule has 1 heterocycles. The Balaban J connectivity index is 1.85. The summed E-state index contributed by atoms with van der Waals surface area (Å²) in [5.41, 5.74) is 2.95. The zero-order valence-corrected chi connectivity index (χ0v) is 13.5. The molecular formula is C17H17BrN2O. The molecule has 108 valence electrons. The Kier molecular flexibility index (Phi) is 4.06. The number of hydrogen-bond acceptors (Lipinski definition) is 2. The van der Waals surface area contributed by atoms with Crippen LogP contribution in [-0.2, 0) is 6.54 Å². The van der Waals surface area contributed by atoms with Crippen LogP contribution < -0.4 is 0 Å². The SMILES string of the molecule is Cc1ccc(C(=O)N(Cc2cccnc2)C2CC2)c(Br)c1. The summed E-state index contributed by atoms with van der Waals surface area (Å²) < 4.78 is 0.865. The van der Waals surface area contributed by atoms with Gasteiger partial charge in [0.2, 0.25) is 0 Å². The van der Waals surface area contributed by atoms with E-state index in [0.29, 0.717) is 12.6 Å². The van der Waals surface area contributed by atoms with Crippen molar-refractivity contribution in [2.45, 2.75) is 32.4 Å². The van der Waals surface area contributed by atoms with E-state index in [1.165, 1.54) is 0 Å². The first-order chi connectivity index (χ1) is 10.1. The van der Waals surface area contributed by atoms with E-state index in [-0.39, 0.29) is 5.91 Å². The third-order valence-electron chi connectivity index (χ3n) is 3.68. The standard InChI is InChI=1S/C17H17BrN2O/c1-12-4-7-15(16(18)9-12)17(21)20(14-5-6-14)11-13-3-2-8-19-10-13/h2-4,7-10,14H,5-6,11H2,1H3. The molecule has 1 amide bonds. The summed E-state index contributed by atoms with van der Waals surface area (Å²) in [6.07, 6.45) is 5.77. The molecule has 1 aromatic carbocycles. The van der Waals surface area contributed by atoms with Crippen molar-refractivity contribution < 1.29 is 4.79 Å². The Morgan fingerprint density at radius 2 is 2.19 bits per heavy atom. The molecule has 3 rings (SSSR count). The zero-order valence-electron chi connectivity index (χ0n) is 11.9. The largest absolute Gasteiger partial charge is 0.331 e. The van der Waals surface area contributed by atoms with Gasteiger partial charge >= 0.3 is 0 Å². The first kappa shape index (κ1) is 14.3. The molecule has 1 saturated carbocycles. The molecule has 3 nitrogen and oxygen atoms in total. The van der Waals surface area contributed by atoms with Crippen LogP contribution in [0.1, 0.15) is 34.3 Å². The molecule has 21 heavy (non-hydrogen) atoms. The van der Waals surface area contributed by atoms with Gasteiger partial charge in [-0.15, -0.1) is 0 Å². The van der Waals surface area contributed by atoms with Crippen molar-refractivity contribution in [2.75, 3.05) is 0 Å². The zero-order chi connectivity index (χ0) is 14.8. The van der Waals surface area contributed by atoms with E-state index in [9.17, 15) is 4.79 Å². The van der Waals surface area contributed by atoms with E-state index < -0.39 is 0 Å². The average molecular weight is 345 g/mol. The minimum absolute atomic E-state index is 0.0910. The lowest BCUT2D eigenvalue weighted by molar-refractivity contribution is 0.0729. The summed E-state index contributed by atoms with van der Waals surface area (Å²) >= 11 is 3.51. The van der Waals surface area contributed by atoms with E-state index in [4.69, 9.17) is 0 Å². The highest BCUT2D eigenvalue weighted by Crippen LogP contribution is 2.31. The van der Waals surface area contributed by atoms with Crippen molar-refractivity contribution in [3.05, 3.63) is 63.9 Å². The number of halogens is 1. The van der Waals surface area contributed by atoms with Gasteiger partial charge in [-0.25, -0.2) is 0 Å². The molecule has 2 aromatic rings. The van der Waals surface area contributed by atoms with Gasteiger partial charge in [-0.3, -0.25) is 9.78 Å². The summed E-state index contributed by atoms with van der Waals surface area (Å²) in [4.78, 5) is 18.9. The molecular weight excluding hydrogens is 328 g/mol. The molecule has 0 saturated heterocycles. The lowest BCUT2D eigenvalue weighted by Crippen LogP contribution is -2.32. The topological polar surface area (TPSA) is 33.2 Å². The molecule has 1 aliphatic carbocycles. The Bertz CT molecular complexity index is 653. The summed E-state index contributed by atoms with van der Waals surface area (Å²) in [6, 6.07) is 10.2. The molecule has 0 unspecified atom stereocenters. The molecule has 1 aromatic heterocycles. The third kappa shape index (κ3) is 3.32. The Morgan fingerprint density at radius 1 is 1.38 bits per heavy atom. The maximum Gasteiger partial charge on any atom is 0.255 e. The van der Waals surface area contributed by atoms with Gasteiger partial charge in [0, 0.05) is 29.5 Å². The van der Waals surface area contributed by atoms with Gasteiger partial charge in [-0.2, -0.15) is 0 Å². The van der Waals surface area contributed by atoms with Gasteiger partial charge in [-0.1, -0.05) is 12.1 Å². The Labute approximate surface area is 133 Å². The Hall–Kier alpha value is -1.68. The fraction of sp³-hybridized carbons (Fsp3) is 0.294. The normalized spacial score (nSPS) is 14.0. The average Bonchev–Trinajstić information content (AvgIpc) is 3.30.